The topological polar surface area (TPSA) is 63.4 Å². The zero-order valence-corrected chi connectivity index (χ0v) is 19.7. The first-order chi connectivity index (χ1) is 17.3. The highest BCUT2D eigenvalue weighted by atomic mass is 16.5. The predicted molar refractivity (Wildman–Crippen MR) is 140 cm³/mol. The predicted octanol–water partition coefficient (Wildman–Crippen LogP) is 5.49. The lowest BCUT2D eigenvalue weighted by Gasteiger charge is -2.24. The van der Waals surface area contributed by atoms with E-state index in [0.29, 0.717) is 19.7 Å². The number of hydrogen-bond donors (Lipinski definition) is 1. The van der Waals surface area contributed by atoms with Gasteiger partial charge in [-0.05, 0) is 42.3 Å². The average Bonchev–Trinajstić information content (AvgIpc) is 3.30. The number of aromatic nitrogens is 3. The van der Waals surface area contributed by atoms with Crippen molar-refractivity contribution in [3.8, 4) is 22.6 Å². The van der Waals surface area contributed by atoms with Gasteiger partial charge in [0.2, 0.25) is 0 Å². The molecule has 0 unspecified atom stereocenters. The minimum Gasteiger partial charge on any atom is -0.494 e. The highest BCUT2D eigenvalue weighted by molar-refractivity contribution is 6.02. The van der Waals surface area contributed by atoms with Crippen molar-refractivity contribution < 1.29 is 9.84 Å². The van der Waals surface area contributed by atoms with Crippen molar-refractivity contribution in [3.63, 3.8) is 0 Å². The second-order valence-electron chi connectivity index (χ2n) is 8.23. The number of nitrogens with zero attached hydrogens (tertiary/aromatic N) is 4. The largest absolute Gasteiger partial charge is 0.494 e. The van der Waals surface area contributed by atoms with E-state index < -0.39 is 0 Å². The van der Waals surface area contributed by atoms with Crippen LogP contribution in [-0.2, 0) is 6.54 Å². The van der Waals surface area contributed by atoms with Crippen molar-refractivity contribution in [1.29, 1.82) is 0 Å². The molecule has 5 aromatic rings. The summed E-state index contributed by atoms with van der Waals surface area (Å²) >= 11 is 0. The average molecular weight is 465 g/mol. The molecule has 6 heteroatoms. The molecule has 5 rings (SSSR count). The first-order valence-corrected chi connectivity index (χ1v) is 11.8. The molecule has 1 N–H and O–H groups in total. The molecule has 0 radical (unpaired) electrons. The van der Waals surface area contributed by atoms with Crippen LogP contribution in [0, 0.1) is 0 Å². The van der Waals surface area contributed by atoms with E-state index in [0.717, 1.165) is 45.0 Å². The lowest BCUT2D eigenvalue weighted by molar-refractivity contribution is 0.301. The number of hydrogen-bond acceptors (Lipinski definition) is 5. The first kappa shape index (κ1) is 22.6. The van der Waals surface area contributed by atoms with E-state index in [2.05, 4.69) is 39.9 Å². The number of benzene rings is 3. The Balaban J connectivity index is 1.69. The number of rotatable bonds is 9. The van der Waals surface area contributed by atoms with Gasteiger partial charge in [-0.3, -0.25) is 0 Å². The second kappa shape index (κ2) is 10.4. The number of ether oxygens (including phenoxy) is 1. The number of aliphatic hydroxyl groups excluding tert-OH is 1. The van der Waals surface area contributed by atoms with Crippen molar-refractivity contribution in [1.82, 2.24) is 14.5 Å². The monoisotopic (exact) mass is 464 g/mol. The lowest BCUT2D eigenvalue weighted by Crippen LogP contribution is -2.27. The zero-order valence-electron chi connectivity index (χ0n) is 19.7. The van der Waals surface area contributed by atoms with Crippen LogP contribution in [0.5, 0.6) is 5.75 Å². The van der Waals surface area contributed by atoms with Gasteiger partial charge in [0.05, 0.1) is 18.6 Å². The normalized spacial score (nSPS) is 11.0. The van der Waals surface area contributed by atoms with Gasteiger partial charge < -0.3 is 19.3 Å². The Morgan fingerprint density at radius 1 is 0.886 bits per heavy atom. The number of fused-ring (bicyclic) bond motifs is 1. The summed E-state index contributed by atoms with van der Waals surface area (Å²) in [6.07, 6.45) is 3.72. The van der Waals surface area contributed by atoms with Crippen LogP contribution in [0.15, 0.2) is 97.5 Å². The number of anilines is 1. The molecule has 2 aromatic heterocycles. The first-order valence-electron chi connectivity index (χ1n) is 11.8. The Hall–Kier alpha value is -4.16. The van der Waals surface area contributed by atoms with Gasteiger partial charge in [-0.25, -0.2) is 9.97 Å². The Morgan fingerprint density at radius 2 is 1.60 bits per heavy atom. The van der Waals surface area contributed by atoms with E-state index in [-0.39, 0.29) is 6.61 Å². The quantitative estimate of drug-likeness (QED) is 0.313. The molecule has 0 bridgehead atoms. The molecule has 6 nitrogen and oxygen atoms in total. The Morgan fingerprint density at radius 3 is 2.29 bits per heavy atom. The molecule has 0 aliphatic heterocycles. The maximum atomic E-state index is 9.89. The van der Waals surface area contributed by atoms with Gasteiger partial charge in [0.15, 0.2) is 5.65 Å². The Bertz CT molecular complexity index is 1380. The third kappa shape index (κ3) is 4.74. The fourth-order valence-electron chi connectivity index (χ4n) is 4.37. The summed E-state index contributed by atoms with van der Waals surface area (Å²) in [7, 11) is 0. The summed E-state index contributed by atoms with van der Waals surface area (Å²) in [5.41, 5.74) is 5.08. The minimum absolute atomic E-state index is 0.0264. The molecule has 0 amide bonds. The van der Waals surface area contributed by atoms with Gasteiger partial charge in [0.1, 0.15) is 17.9 Å². The highest BCUT2D eigenvalue weighted by Gasteiger charge is 2.21. The van der Waals surface area contributed by atoms with Gasteiger partial charge in [-0.1, -0.05) is 60.7 Å². The van der Waals surface area contributed by atoms with E-state index in [1.165, 1.54) is 0 Å². The maximum absolute atomic E-state index is 9.89. The minimum atomic E-state index is 0.0264. The molecule has 35 heavy (non-hydrogen) atoms. The van der Waals surface area contributed by atoms with E-state index in [4.69, 9.17) is 14.7 Å². The van der Waals surface area contributed by atoms with Gasteiger partial charge in [-0.15, -0.1) is 0 Å². The van der Waals surface area contributed by atoms with Crippen LogP contribution in [0.25, 0.3) is 27.8 Å². The molecule has 0 aliphatic carbocycles. The summed E-state index contributed by atoms with van der Waals surface area (Å²) in [6.45, 7) is 3.73. The molecule has 0 atom stereocenters. The summed E-state index contributed by atoms with van der Waals surface area (Å²) < 4.78 is 7.72. The van der Waals surface area contributed by atoms with Crippen molar-refractivity contribution in [2.45, 2.75) is 13.5 Å². The van der Waals surface area contributed by atoms with Crippen LogP contribution >= 0.6 is 0 Å². The number of aliphatic hydroxyl groups is 1. The molecule has 0 saturated carbocycles. The Labute approximate surface area is 205 Å². The van der Waals surface area contributed by atoms with Crippen LogP contribution in [-0.4, -0.2) is 39.4 Å². The van der Waals surface area contributed by atoms with Crippen molar-refractivity contribution in [3.05, 3.63) is 103 Å². The van der Waals surface area contributed by atoms with Crippen molar-refractivity contribution in [2.75, 3.05) is 24.7 Å². The van der Waals surface area contributed by atoms with Crippen LogP contribution in [0.2, 0.25) is 0 Å². The van der Waals surface area contributed by atoms with Crippen LogP contribution in [0.1, 0.15) is 12.5 Å². The van der Waals surface area contributed by atoms with Crippen LogP contribution in [0.4, 0.5) is 5.82 Å². The molecule has 2 heterocycles. The standard InChI is InChI=1S/C29H28N4O2/c1-2-35-25-15-13-24(14-16-25)33-20-26(23-11-7-4-8-12-23)27-28(30-21-31-29(27)33)32(17-18-34)19-22-9-5-3-6-10-22/h3-16,20-21,34H,2,17-19H2,1H3. The molecule has 176 valence electrons. The van der Waals surface area contributed by atoms with E-state index in [1.807, 2.05) is 67.6 Å². The molecule has 0 aliphatic rings. The summed E-state index contributed by atoms with van der Waals surface area (Å²) in [5.74, 6) is 1.64. The maximum Gasteiger partial charge on any atom is 0.150 e. The van der Waals surface area contributed by atoms with E-state index >= 15 is 0 Å². The van der Waals surface area contributed by atoms with Crippen molar-refractivity contribution in [2.24, 2.45) is 0 Å². The third-order valence-corrected chi connectivity index (χ3v) is 5.96. The fourth-order valence-corrected chi connectivity index (χ4v) is 4.37. The summed E-state index contributed by atoms with van der Waals surface area (Å²) in [5, 5.41) is 10.8. The third-order valence-electron chi connectivity index (χ3n) is 5.96. The molecular formula is C29H28N4O2. The SMILES string of the molecule is CCOc1ccc(-n2cc(-c3ccccc3)c3c(N(CCO)Cc4ccccc4)ncnc32)cc1. The van der Waals surface area contributed by atoms with Crippen LogP contribution in [0.3, 0.4) is 0 Å². The summed E-state index contributed by atoms with van der Waals surface area (Å²) in [4.78, 5) is 11.5. The van der Waals surface area contributed by atoms with Gasteiger partial charge in [-0.2, -0.15) is 0 Å². The summed E-state index contributed by atoms with van der Waals surface area (Å²) in [6, 6.07) is 28.6. The van der Waals surface area contributed by atoms with Crippen LogP contribution < -0.4 is 9.64 Å². The van der Waals surface area contributed by atoms with Gasteiger partial charge in [0.25, 0.3) is 0 Å². The van der Waals surface area contributed by atoms with Gasteiger partial charge >= 0.3 is 0 Å². The van der Waals surface area contributed by atoms with E-state index in [9.17, 15) is 5.11 Å². The molecule has 0 saturated heterocycles. The smallest absolute Gasteiger partial charge is 0.150 e. The van der Waals surface area contributed by atoms with Crippen molar-refractivity contribution >= 4 is 16.9 Å². The zero-order chi connectivity index (χ0) is 24.0. The lowest BCUT2D eigenvalue weighted by atomic mass is 10.1. The molecular weight excluding hydrogens is 436 g/mol. The van der Waals surface area contributed by atoms with Gasteiger partial charge in [0, 0.05) is 30.5 Å². The molecule has 0 spiro atoms. The Kier molecular flexibility index (Phi) is 6.73. The molecule has 3 aromatic carbocycles. The fraction of sp³-hybridized carbons (Fsp3) is 0.172. The van der Waals surface area contributed by atoms with E-state index in [1.54, 1.807) is 6.33 Å². The highest BCUT2D eigenvalue weighted by Crippen LogP contribution is 2.37. The second-order valence-corrected chi connectivity index (χ2v) is 8.23. The molecule has 0 fully saturated rings.